The van der Waals surface area contributed by atoms with Crippen molar-refractivity contribution in [3.63, 3.8) is 0 Å². The van der Waals surface area contributed by atoms with Crippen molar-refractivity contribution in [2.75, 3.05) is 33.4 Å². The number of alkyl halides is 3. The lowest BCUT2D eigenvalue weighted by Gasteiger charge is -2.40. The van der Waals surface area contributed by atoms with Crippen molar-refractivity contribution in [1.82, 2.24) is 9.88 Å². The van der Waals surface area contributed by atoms with Crippen LogP contribution in [0.15, 0.2) is 42.5 Å². The number of carbonyl (C=O) groups is 1. The number of likely N-dealkylation sites (tertiary alicyclic amines) is 1. The van der Waals surface area contributed by atoms with Crippen LogP contribution in [0.25, 0.3) is 10.2 Å². The predicted molar refractivity (Wildman–Crippen MR) is 120 cm³/mol. The first-order chi connectivity index (χ1) is 16.3. The van der Waals surface area contributed by atoms with Gasteiger partial charge in [-0.3, -0.25) is 4.79 Å². The van der Waals surface area contributed by atoms with E-state index in [1.165, 1.54) is 6.07 Å². The summed E-state index contributed by atoms with van der Waals surface area (Å²) < 4.78 is 56.1. The highest BCUT2D eigenvalue weighted by atomic mass is 32.1. The van der Waals surface area contributed by atoms with Gasteiger partial charge in [0.15, 0.2) is 0 Å². The van der Waals surface area contributed by atoms with Gasteiger partial charge >= 0.3 is 6.18 Å². The Morgan fingerprint density at radius 3 is 2.44 bits per heavy atom. The highest BCUT2D eigenvalue weighted by Crippen LogP contribution is 2.36. The molecule has 0 bridgehead atoms. The fourth-order valence-corrected chi connectivity index (χ4v) is 5.16. The second-order valence-electron chi connectivity index (χ2n) is 8.54. The third-order valence-corrected chi connectivity index (χ3v) is 7.32. The van der Waals surface area contributed by atoms with E-state index >= 15 is 0 Å². The maximum absolute atomic E-state index is 12.9. The van der Waals surface area contributed by atoms with E-state index in [0.717, 1.165) is 29.0 Å². The van der Waals surface area contributed by atoms with Crippen LogP contribution in [0.2, 0.25) is 0 Å². The summed E-state index contributed by atoms with van der Waals surface area (Å²) in [6.07, 6.45) is -3.29. The lowest BCUT2D eigenvalue weighted by atomic mass is 9.91. The third-order valence-electron chi connectivity index (χ3n) is 6.41. The third kappa shape index (κ3) is 4.37. The molecule has 6 nitrogen and oxygen atoms in total. The molecule has 0 unspecified atom stereocenters. The Morgan fingerprint density at radius 1 is 1.15 bits per heavy atom. The fraction of sp³-hybridized carbons (Fsp3) is 0.417. The number of piperidine rings is 1. The van der Waals surface area contributed by atoms with Crippen LogP contribution in [0.5, 0.6) is 5.19 Å². The molecule has 2 aliphatic heterocycles. The first kappa shape index (κ1) is 23.1. The van der Waals surface area contributed by atoms with E-state index in [1.807, 2.05) is 24.3 Å². The minimum absolute atomic E-state index is 0.0407. The summed E-state index contributed by atoms with van der Waals surface area (Å²) in [6, 6.07) is 10.9. The molecule has 0 saturated carbocycles. The molecule has 2 aliphatic rings. The van der Waals surface area contributed by atoms with Gasteiger partial charge in [-0.25, -0.2) is 4.98 Å². The number of halogens is 3. The maximum Gasteiger partial charge on any atom is 0.416 e. The number of hydrogen-bond donors (Lipinski definition) is 0. The van der Waals surface area contributed by atoms with E-state index in [0.29, 0.717) is 60.1 Å². The highest BCUT2D eigenvalue weighted by molar-refractivity contribution is 7.20. The number of hydrogen-bond acceptors (Lipinski definition) is 6. The van der Waals surface area contributed by atoms with E-state index in [4.69, 9.17) is 14.2 Å². The lowest BCUT2D eigenvalue weighted by molar-refractivity contribution is -0.202. The molecule has 180 valence electrons. The number of thiazole rings is 1. The molecule has 1 aromatic heterocycles. The molecule has 2 aromatic carbocycles. The van der Waals surface area contributed by atoms with Crippen LogP contribution in [0.1, 0.15) is 34.3 Å². The highest BCUT2D eigenvalue weighted by Gasteiger charge is 2.40. The monoisotopic (exact) mass is 492 g/mol. The Hall–Kier alpha value is -2.69. The number of nitrogens with zero attached hydrogens (tertiary/aromatic N) is 2. The molecule has 34 heavy (non-hydrogen) atoms. The van der Waals surface area contributed by atoms with Crippen LogP contribution in [0.3, 0.4) is 0 Å². The molecule has 10 heteroatoms. The first-order valence-corrected chi connectivity index (χ1v) is 11.8. The van der Waals surface area contributed by atoms with Gasteiger partial charge in [0.1, 0.15) is 11.7 Å². The van der Waals surface area contributed by atoms with Gasteiger partial charge in [0, 0.05) is 38.6 Å². The van der Waals surface area contributed by atoms with Crippen molar-refractivity contribution < 1.29 is 32.2 Å². The van der Waals surface area contributed by atoms with Crippen molar-refractivity contribution >= 4 is 27.5 Å². The summed E-state index contributed by atoms with van der Waals surface area (Å²) >= 11 is 1.10. The van der Waals surface area contributed by atoms with E-state index in [2.05, 4.69) is 4.98 Å². The number of benzene rings is 2. The molecule has 0 N–H and O–H groups in total. The fourth-order valence-electron chi connectivity index (χ4n) is 4.24. The molecule has 2 fully saturated rings. The second-order valence-corrected chi connectivity index (χ2v) is 9.53. The molecular formula is C24H23F3N2O4S. The zero-order valence-electron chi connectivity index (χ0n) is 18.4. The topological polar surface area (TPSA) is 60.9 Å². The number of ether oxygens (including phenoxy) is 3. The minimum Gasteiger partial charge on any atom is -0.467 e. The zero-order valence-corrected chi connectivity index (χ0v) is 19.2. The molecule has 0 atom stereocenters. The van der Waals surface area contributed by atoms with Gasteiger partial charge in [-0.05, 0) is 35.9 Å². The number of methoxy groups -OCH3 is 1. The van der Waals surface area contributed by atoms with Crippen molar-refractivity contribution in [2.45, 2.75) is 30.7 Å². The van der Waals surface area contributed by atoms with E-state index in [1.54, 1.807) is 12.0 Å². The smallest absolute Gasteiger partial charge is 0.416 e. The number of rotatable bonds is 5. The Morgan fingerprint density at radius 2 is 1.85 bits per heavy atom. The van der Waals surface area contributed by atoms with Gasteiger partial charge in [-0.2, -0.15) is 13.2 Å². The summed E-state index contributed by atoms with van der Waals surface area (Å²) in [6.45, 7) is 2.07. The van der Waals surface area contributed by atoms with Gasteiger partial charge in [0.25, 0.3) is 11.1 Å². The van der Waals surface area contributed by atoms with Crippen molar-refractivity contribution in [3.05, 3.63) is 59.2 Å². The molecule has 3 aromatic rings. The number of carbonyl (C=O) groups excluding carboxylic acids is 1. The predicted octanol–water partition coefficient (Wildman–Crippen LogP) is 4.87. The summed E-state index contributed by atoms with van der Waals surface area (Å²) in [5.74, 6) is -0.0407. The molecule has 5 rings (SSSR count). The quantitative estimate of drug-likeness (QED) is 0.509. The molecule has 0 radical (unpaired) electrons. The van der Waals surface area contributed by atoms with Gasteiger partial charge < -0.3 is 19.1 Å². The number of fused-ring (bicyclic) bond motifs is 1. The summed E-state index contributed by atoms with van der Waals surface area (Å²) in [5.41, 5.74) is 0.956. The van der Waals surface area contributed by atoms with Crippen molar-refractivity contribution in [3.8, 4) is 5.19 Å². The summed E-state index contributed by atoms with van der Waals surface area (Å²) in [5, 5.41) is 0.349. The van der Waals surface area contributed by atoms with Crippen molar-refractivity contribution in [1.29, 1.82) is 0 Å². The Labute approximate surface area is 198 Å². The van der Waals surface area contributed by atoms with Gasteiger partial charge in [0.05, 0.1) is 29.0 Å². The summed E-state index contributed by atoms with van der Waals surface area (Å²) in [4.78, 5) is 19.0. The van der Waals surface area contributed by atoms with Crippen LogP contribution < -0.4 is 4.74 Å². The Kier molecular flexibility index (Phi) is 5.99. The normalized spacial score (nSPS) is 18.6. The second kappa shape index (κ2) is 8.83. The van der Waals surface area contributed by atoms with E-state index in [-0.39, 0.29) is 12.0 Å². The molecule has 0 spiro atoms. The standard InChI is InChI=1S/C24H23F3N2O4S/c1-31-23(13-32-14-23)16-4-2-15(3-5-16)21(30)29-10-8-18(9-11-29)33-22-28-19-7-6-17(24(25,26)27)12-20(19)34-22/h2-7,12,18H,8-11,13-14H2,1H3. The summed E-state index contributed by atoms with van der Waals surface area (Å²) in [7, 11) is 1.65. The van der Waals surface area contributed by atoms with Gasteiger partial charge in [-0.1, -0.05) is 23.5 Å². The largest absolute Gasteiger partial charge is 0.467 e. The lowest BCUT2D eigenvalue weighted by Crippen LogP contribution is -2.48. The van der Waals surface area contributed by atoms with Gasteiger partial charge in [-0.15, -0.1) is 0 Å². The molecular weight excluding hydrogens is 469 g/mol. The Balaban J connectivity index is 1.18. The van der Waals surface area contributed by atoms with E-state index in [9.17, 15) is 18.0 Å². The SMILES string of the molecule is COC1(c2ccc(C(=O)N3CCC(Oc4nc5ccc(C(F)(F)F)cc5s4)CC3)cc2)COC1. The molecule has 0 aliphatic carbocycles. The average Bonchev–Trinajstić information content (AvgIpc) is 3.20. The molecule has 1 amide bonds. The van der Waals surface area contributed by atoms with Crippen LogP contribution in [-0.2, 0) is 21.3 Å². The number of amides is 1. The Bertz CT molecular complexity index is 1180. The van der Waals surface area contributed by atoms with Gasteiger partial charge in [0.2, 0.25) is 0 Å². The average molecular weight is 493 g/mol. The van der Waals surface area contributed by atoms with Crippen LogP contribution in [0, 0.1) is 0 Å². The minimum atomic E-state index is -4.39. The van der Waals surface area contributed by atoms with Crippen LogP contribution in [-0.4, -0.2) is 55.3 Å². The van der Waals surface area contributed by atoms with Crippen molar-refractivity contribution in [2.24, 2.45) is 0 Å². The first-order valence-electron chi connectivity index (χ1n) is 10.9. The maximum atomic E-state index is 12.9. The van der Waals surface area contributed by atoms with E-state index < -0.39 is 17.3 Å². The van der Waals surface area contributed by atoms with Crippen LogP contribution in [0.4, 0.5) is 13.2 Å². The molecule has 3 heterocycles. The van der Waals surface area contributed by atoms with Crippen LogP contribution >= 0.6 is 11.3 Å². The number of aromatic nitrogens is 1. The molecule has 2 saturated heterocycles. The zero-order chi connectivity index (χ0) is 23.9.